The SMILES string of the molecule is CNc1cc(C2CCCC2)c(C)nn1. The van der Waals surface area contributed by atoms with E-state index in [2.05, 4.69) is 28.5 Å². The Morgan fingerprint density at radius 3 is 2.64 bits per heavy atom. The van der Waals surface area contributed by atoms with Gasteiger partial charge in [-0.1, -0.05) is 12.8 Å². The summed E-state index contributed by atoms with van der Waals surface area (Å²) in [7, 11) is 1.89. The van der Waals surface area contributed by atoms with Gasteiger partial charge in [-0.15, -0.1) is 5.10 Å². The molecule has 14 heavy (non-hydrogen) atoms. The molecular formula is C11H17N3. The first-order valence-corrected chi connectivity index (χ1v) is 5.33. The summed E-state index contributed by atoms with van der Waals surface area (Å²) < 4.78 is 0. The Kier molecular flexibility index (Phi) is 2.66. The van der Waals surface area contributed by atoms with Gasteiger partial charge in [-0.2, -0.15) is 5.10 Å². The van der Waals surface area contributed by atoms with Gasteiger partial charge in [0, 0.05) is 7.05 Å². The minimum absolute atomic E-state index is 0.720. The van der Waals surface area contributed by atoms with Gasteiger partial charge in [0.25, 0.3) is 0 Å². The molecule has 0 radical (unpaired) electrons. The second kappa shape index (κ2) is 3.95. The fourth-order valence-corrected chi connectivity index (χ4v) is 2.24. The number of hydrogen-bond donors (Lipinski definition) is 1. The quantitative estimate of drug-likeness (QED) is 0.780. The number of nitrogens with one attached hydrogen (secondary N) is 1. The van der Waals surface area contributed by atoms with Gasteiger partial charge in [-0.05, 0) is 37.3 Å². The largest absolute Gasteiger partial charge is 0.372 e. The van der Waals surface area contributed by atoms with E-state index in [1.54, 1.807) is 0 Å². The third-order valence-electron chi connectivity index (χ3n) is 3.07. The summed E-state index contributed by atoms with van der Waals surface area (Å²) in [6.07, 6.45) is 5.36. The maximum Gasteiger partial charge on any atom is 0.148 e. The Hall–Kier alpha value is -1.12. The maximum atomic E-state index is 4.18. The van der Waals surface area contributed by atoms with E-state index >= 15 is 0 Å². The van der Waals surface area contributed by atoms with Crippen LogP contribution < -0.4 is 5.32 Å². The average Bonchev–Trinajstić information content (AvgIpc) is 2.71. The molecule has 0 aromatic carbocycles. The van der Waals surface area contributed by atoms with Crippen LogP contribution in [0.2, 0.25) is 0 Å². The van der Waals surface area contributed by atoms with Gasteiger partial charge in [-0.25, -0.2) is 0 Å². The van der Waals surface area contributed by atoms with E-state index in [9.17, 15) is 0 Å². The standard InChI is InChI=1S/C11H17N3/c1-8-10(9-5-3-4-6-9)7-11(12-2)14-13-8/h7,9H,3-6H2,1-2H3,(H,12,14). The Morgan fingerprint density at radius 2 is 2.00 bits per heavy atom. The molecule has 0 saturated heterocycles. The number of anilines is 1. The highest BCUT2D eigenvalue weighted by molar-refractivity contribution is 5.39. The van der Waals surface area contributed by atoms with Gasteiger partial charge in [-0.3, -0.25) is 0 Å². The normalized spacial score (nSPS) is 17.3. The molecule has 3 nitrogen and oxygen atoms in total. The molecule has 0 unspecified atom stereocenters. The van der Waals surface area contributed by atoms with Crippen molar-refractivity contribution in [1.29, 1.82) is 0 Å². The van der Waals surface area contributed by atoms with E-state index in [4.69, 9.17) is 0 Å². The number of nitrogens with zero attached hydrogens (tertiary/aromatic N) is 2. The highest BCUT2D eigenvalue weighted by atomic mass is 15.2. The zero-order chi connectivity index (χ0) is 9.97. The molecule has 0 atom stereocenters. The third kappa shape index (κ3) is 1.72. The fourth-order valence-electron chi connectivity index (χ4n) is 2.24. The molecule has 0 amide bonds. The van der Waals surface area contributed by atoms with Gasteiger partial charge in [0.15, 0.2) is 0 Å². The topological polar surface area (TPSA) is 37.8 Å². The van der Waals surface area contributed by atoms with Crippen LogP contribution in [0.5, 0.6) is 0 Å². The summed E-state index contributed by atoms with van der Waals surface area (Å²) in [5, 5.41) is 11.3. The Labute approximate surface area is 84.9 Å². The minimum atomic E-state index is 0.720. The van der Waals surface area contributed by atoms with Crippen molar-refractivity contribution in [2.24, 2.45) is 0 Å². The van der Waals surface area contributed by atoms with Crippen LogP contribution in [-0.2, 0) is 0 Å². The van der Waals surface area contributed by atoms with E-state index in [1.807, 2.05) is 7.05 Å². The molecule has 3 heteroatoms. The lowest BCUT2D eigenvalue weighted by Gasteiger charge is -2.12. The summed E-state index contributed by atoms with van der Waals surface area (Å²) in [4.78, 5) is 0. The average molecular weight is 191 g/mol. The summed E-state index contributed by atoms with van der Waals surface area (Å²) >= 11 is 0. The van der Waals surface area contributed by atoms with Crippen molar-refractivity contribution >= 4 is 5.82 Å². The van der Waals surface area contributed by atoms with Crippen molar-refractivity contribution in [3.05, 3.63) is 17.3 Å². The second-order valence-electron chi connectivity index (χ2n) is 4.00. The highest BCUT2D eigenvalue weighted by Crippen LogP contribution is 2.35. The van der Waals surface area contributed by atoms with Gasteiger partial charge < -0.3 is 5.32 Å². The molecule has 1 N–H and O–H groups in total. The van der Waals surface area contributed by atoms with Crippen LogP contribution in [0, 0.1) is 6.92 Å². The summed E-state index contributed by atoms with van der Waals surface area (Å²) in [5.41, 5.74) is 2.48. The molecular weight excluding hydrogens is 174 g/mol. The molecule has 1 heterocycles. The fraction of sp³-hybridized carbons (Fsp3) is 0.636. The number of aryl methyl sites for hydroxylation is 1. The summed E-state index contributed by atoms with van der Waals surface area (Å²) in [5.74, 6) is 1.61. The molecule has 1 aromatic rings. The predicted molar refractivity (Wildman–Crippen MR) is 57.5 cm³/mol. The minimum Gasteiger partial charge on any atom is -0.372 e. The maximum absolute atomic E-state index is 4.18. The monoisotopic (exact) mass is 191 g/mol. The van der Waals surface area contributed by atoms with Crippen LogP contribution in [-0.4, -0.2) is 17.2 Å². The van der Waals surface area contributed by atoms with Gasteiger partial charge >= 0.3 is 0 Å². The zero-order valence-corrected chi connectivity index (χ0v) is 8.88. The van der Waals surface area contributed by atoms with Crippen LogP contribution in [0.25, 0.3) is 0 Å². The second-order valence-corrected chi connectivity index (χ2v) is 4.00. The van der Waals surface area contributed by atoms with E-state index in [0.717, 1.165) is 17.4 Å². The molecule has 0 spiro atoms. The van der Waals surface area contributed by atoms with Crippen LogP contribution in [0.3, 0.4) is 0 Å². The number of aromatic nitrogens is 2. The first kappa shape index (κ1) is 9.44. The van der Waals surface area contributed by atoms with E-state index in [-0.39, 0.29) is 0 Å². The van der Waals surface area contributed by atoms with E-state index in [0.29, 0.717) is 0 Å². The molecule has 1 aliphatic rings. The first-order chi connectivity index (χ1) is 6.81. The lowest BCUT2D eigenvalue weighted by Crippen LogP contribution is -2.03. The van der Waals surface area contributed by atoms with Crippen molar-refractivity contribution in [2.75, 3.05) is 12.4 Å². The molecule has 1 fully saturated rings. The first-order valence-electron chi connectivity index (χ1n) is 5.33. The van der Waals surface area contributed by atoms with Gasteiger partial charge in [0.1, 0.15) is 5.82 Å². The van der Waals surface area contributed by atoms with Gasteiger partial charge in [0.2, 0.25) is 0 Å². The third-order valence-corrected chi connectivity index (χ3v) is 3.07. The Bertz CT molecular complexity index is 316. The zero-order valence-electron chi connectivity index (χ0n) is 8.88. The molecule has 2 rings (SSSR count). The van der Waals surface area contributed by atoms with Crippen LogP contribution in [0.15, 0.2) is 6.07 Å². The molecule has 1 saturated carbocycles. The molecule has 1 aromatic heterocycles. The lowest BCUT2D eigenvalue weighted by atomic mass is 9.97. The van der Waals surface area contributed by atoms with Crippen LogP contribution >= 0.6 is 0 Å². The van der Waals surface area contributed by atoms with E-state index in [1.165, 1.54) is 31.2 Å². The number of rotatable bonds is 2. The lowest BCUT2D eigenvalue weighted by molar-refractivity contribution is 0.705. The molecule has 1 aliphatic carbocycles. The number of hydrogen-bond acceptors (Lipinski definition) is 3. The van der Waals surface area contributed by atoms with Gasteiger partial charge in [0.05, 0.1) is 5.69 Å². The Morgan fingerprint density at radius 1 is 1.29 bits per heavy atom. The van der Waals surface area contributed by atoms with Crippen LogP contribution in [0.4, 0.5) is 5.82 Å². The van der Waals surface area contributed by atoms with Crippen molar-refractivity contribution < 1.29 is 0 Å². The summed E-state index contributed by atoms with van der Waals surface area (Å²) in [6, 6.07) is 2.15. The van der Waals surface area contributed by atoms with Crippen molar-refractivity contribution in [3.63, 3.8) is 0 Å². The van der Waals surface area contributed by atoms with Crippen molar-refractivity contribution in [1.82, 2.24) is 10.2 Å². The van der Waals surface area contributed by atoms with E-state index < -0.39 is 0 Å². The Balaban J connectivity index is 2.29. The van der Waals surface area contributed by atoms with Crippen LogP contribution in [0.1, 0.15) is 42.9 Å². The molecule has 76 valence electrons. The predicted octanol–water partition coefficient (Wildman–Crippen LogP) is 2.48. The van der Waals surface area contributed by atoms with Crippen molar-refractivity contribution in [2.45, 2.75) is 38.5 Å². The highest BCUT2D eigenvalue weighted by Gasteiger charge is 2.19. The molecule has 0 aliphatic heterocycles. The summed E-state index contributed by atoms with van der Waals surface area (Å²) in [6.45, 7) is 2.06. The molecule has 0 bridgehead atoms. The van der Waals surface area contributed by atoms with Crippen molar-refractivity contribution in [3.8, 4) is 0 Å². The smallest absolute Gasteiger partial charge is 0.148 e.